The zero-order valence-corrected chi connectivity index (χ0v) is 11.4. The number of anilines is 1. The monoisotopic (exact) mass is 265 g/mol. The molecule has 0 aromatic heterocycles. The summed E-state index contributed by atoms with van der Waals surface area (Å²) in [5.74, 6) is -0.371. The van der Waals surface area contributed by atoms with Crippen molar-refractivity contribution in [3.63, 3.8) is 0 Å². The molecule has 18 heavy (non-hydrogen) atoms. The van der Waals surface area contributed by atoms with Crippen molar-refractivity contribution < 1.29 is 14.3 Å². The highest BCUT2D eigenvalue weighted by Crippen LogP contribution is 2.41. The summed E-state index contributed by atoms with van der Waals surface area (Å²) >= 11 is 1.46. The highest BCUT2D eigenvalue weighted by atomic mass is 32.2. The number of hydrogen-bond acceptors (Lipinski definition) is 4. The number of nitrogens with one attached hydrogen (secondary N) is 1. The normalized spacial score (nSPS) is 17.3. The predicted molar refractivity (Wildman–Crippen MR) is 72.0 cm³/mol. The minimum atomic E-state index is -0.345. The molecule has 2 rings (SSSR count). The molecule has 1 amide bonds. The van der Waals surface area contributed by atoms with E-state index in [-0.39, 0.29) is 17.1 Å². The number of rotatable bonds is 3. The van der Waals surface area contributed by atoms with Crippen LogP contribution >= 0.6 is 11.8 Å². The molecule has 0 radical (unpaired) electrons. The van der Waals surface area contributed by atoms with Crippen molar-refractivity contribution in [3.8, 4) is 0 Å². The van der Waals surface area contributed by atoms with Crippen LogP contribution in [0.1, 0.15) is 33.7 Å². The van der Waals surface area contributed by atoms with E-state index in [1.807, 2.05) is 13.2 Å². The lowest BCUT2D eigenvalue weighted by molar-refractivity contribution is -0.115. The minimum Gasteiger partial charge on any atom is -0.462 e. The van der Waals surface area contributed by atoms with Crippen LogP contribution in [0, 0.1) is 6.92 Å². The Balaban J connectivity index is 2.45. The average Bonchev–Trinajstić information content (AvgIpc) is 2.65. The smallest absolute Gasteiger partial charge is 0.338 e. The lowest BCUT2D eigenvalue weighted by atomic mass is 10.0. The SMILES string of the molecule is CCOC(=O)c1cc(C)c2c(c1)C(SC)C(=O)N2. The number of aryl methyl sites for hydroxylation is 1. The van der Waals surface area contributed by atoms with Gasteiger partial charge < -0.3 is 10.1 Å². The Kier molecular flexibility index (Phi) is 3.61. The van der Waals surface area contributed by atoms with E-state index in [0.29, 0.717) is 12.2 Å². The van der Waals surface area contributed by atoms with Gasteiger partial charge in [-0.1, -0.05) is 0 Å². The maximum Gasteiger partial charge on any atom is 0.338 e. The third-order valence-electron chi connectivity index (χ3n) is 2.88. The van der Waals surface area contributed by atoms with Crippen LogP contribution in [0.4, 0.5) is 5.69 Å². The van der Waals surface area contributed by atoms with Gasteiger partial charge in [0.25, 0.3) is 0 Å². The van der Waals surface area contributed by atoms with Crippen LogP contribution in [0.2, 0.25) is 0 Å². The maximum absolute atomic E-state index is 11.8. The van der Waals surface area contributed by atoms with E-state index in [0.717, 1.165) is 16.8 Å². The Labute approximate surface area is 110 Å². The molecule has 1 aromatic carbocycles. The van der Waals surface area contributed by atoms with Crippen LogP contribution in [0.3, 0.4) is 0 Å². The van der Waals surface area contributed by atoms with Gasteiger partial charge >= 0.3 is 5.97 Å². The third kappa shape index (κ3) is 2.10. The molecule has 0 aliphatic carbocycles. The molecule has 1 atom stereocenters. The number of amides is 1. The number of fused-ring (bicyclic) bond motifs is 1. The minimum absolute atomic E-state index is 0.0263. The maximum atomic E-state index is 11.8. The zero-order chi connectivity index (χ0) is 13.3. The van der Waals surface area contributed by atoms with Gasteiger partial charge in [0.05, 0.1) is 12.2 Å². The van der Waals surface area contributed by atoms with Crippen molar-refractivity contribution in [1.29, 1.82) is 0 Å². The van der Waals surface area contributed by atoms with E-state index < -0.39 is 0 Å². The van der Waals surface area contributed by atoms with Gasteiger partial charge in [-0.05, 0) is 43.4 Å². The van der Waals surface area contributed by atoms with Gasteiger partial charge in [0.1, 0.15) is 5.25 Å². The van der Waals surface area contributed by atoms with Crippen LogP contribution in [0.15, 0.2) is 12.1 Å². The summed E-state index contributed by atoms with van der Waals surface area (Å²) in [5.41, 5.74) is 3.09. The number of thioether (sulfide) groups is 1. The first-order chi connectivity index (χ1) is 8.58. The molecular formula is C13H15NO3S. The number of esters is 1. The molecule has 1 unspecified atom stereocenters. The van der Waals surface area contributed by atoms with E-state index in [2.05, 4.69) is 5.32 Å². The largest absolute Gasteiger partial charge is 0.462 e. The van der Waals surface area contributed by atoms with E-state index >= 15 is 0 Å². The molecule has 4 nitrogen and oxygen atoms in total. The van der Waals surface area contributed by atoms with Gasteiger partial charge in [-0.15, -0.1) is 11.8 Å². The quantitative estimate of drug-likeness (QED) is 0.853. The topological polar surface area (TPSA) is 55.4 Å². The molecule has 0 fully saturated rings. The molecule has 1 aliphatic heterocycles. The fourth-order valence-electron chi connectivity index (χ4n) is 2.09. The molecule has 96 valence electrons. The summed E-state index contributed by atoms with van der Waals surface area (Å²) in [4.78, 5) is 23.5. The molecule has 0 spiro atoms. The summed E-state index contributed by atoms with van der Waals surface area (Å²) in [7, 11) is 0. The van der Waals surface area contributed by atoms with Crippen molar-refractivity contribution in [3.05, 3.63) is 28.8 Å². The van der Waals surface area contributed by atoms with E-state index in [1.165, 1.54) is 11.8 Å². The van der Waals surface area contributed by atoms with Gasteiger partial charge in [0.15, 0.2) is 0 Å². The number of benzene rings is 1. The molecule has 1 heterocycles. The molecule has 5 heteroatoms. The second kappa shape index (κ2) is 5.02. The first-order valence-corrected chi connectivity index (χ1v) is 7.02. The van der Waals surface area contributed by atoms with E-state index in [1.54, 1.807) is 19.1 Å². The van der Waals surface area contributed by atoms with Crippen molar-refractivity contribution in [2.45, 2.75) is 19.1 Å². The summed E-state index contributed by atoms with van der Waals surface area (Å²) < 4.78 is 4.99. The van der Waals surface area contributed by atoms with Crippen LogP contribution in [-0.2, 0) is 9.53 Å². The first-order valence-electron chi connectivity index (χ1n) is 5.73. The number of carbonyl (C=O) groups is 2. The molecule has 0 saturated heterocycles. The van der Waals surface area contributed by atoms with Crippen LogP contribution in [-0.4, -0.2) is 24.7 Å². The summed E-state index contributed by atoms with van der Waals surface area (Å²) in [6.07, 6.45) is 1.88. The number of ether oxygens (including phenoxy) is 1. The van der Waals surface area contributed by atoms with Crippen LogP contribution in [0.25, 0.3) is 0 Å². The van der Waals surface area contributed by atoms with Gasteiger partial charge in [-0.2, -0.15) is 0 Å². The Morgan fingerprint density at radius 1 is 1.50 bits per heavy atom. The highest BCUT2D eigenvalue weighted by Gasteiger charge is 2.32. The van der Waals surface area contributed by atoms with Crippen molar-refractivity contribution in [1.82, 2.24) is 0 Å². The van der Waals surface area contributed by atoms with E-state index in [4.69, 9.17) is 4.74 Å². The first kappa shape index (κ1) is 13.0. The standard InChI is InChI=1S/C13H15NO3S/c1-4-17-13(16)8-5-7(2)10-9(6-8)11(18-3)12(15)14-10/h5-6,11H,4H2,1-3H3,(H,14,15). The van der Waals surface area contributed by atoms with Gasteiger partial charge in [0.2, 0.25) is 5.91 Å². The molecular weight excluding hydrogens is 250 g/mol. The fraction of sp³-hybridized carbons (Fsp3) is 0.385. The Morgan fingerprint density at radius 2 is 2.22 bits per heavy atom. The second-order valence-electron chi connectivity index (χ2n) is 4.08. The zero-order valence-electron chi connectivity index (χ0n) is 10.6. The molecule has 1 aromatic rings. The van der Waals surface area contributed by atoms with Crippen molar-refractivity contribution in [2.75, 3.05) is 18.2 Å². The predicted octanol–water partition coefficient (Wildman–Crippen LogP) is 2.53. The fourth-order valence-corrected chi connectivity index (χ4v) is 2.80. The van der Waals surface area contributed by atoms with Gasteiger partial charge in [-0.25, -0.2) is 4.79 Å². The van der Waals surface area contributed by atoms with E-state index in [9.17, 15) is 9.59 Å². The van der Waals surface area contributed by atoms with Crippen molar-refractivity contribution in [2.24, 2.45) is 0 Å². The molecule has 1 N–H and O–H groups in total. The number of carbonyl (C=O) groups excluding carboxylic acids is 2. The van der Waals surface area contributed by atoms with Crippen LogP contribution in [0.5, 0.6) is 0 Å². The Hall–Kier alpha value is -1.49. The lowest BCUT2D eigenvalue weighted by Gasteiger charge is -2.09. The molecule has 0 bridgehead atoms. The number of hydrogen-bond donors (Lipinski definition) is 1. The second-order valence-corrected chi connectivity index (χ2v) is 5.03. The summed E-state index contributed by atoms with van der Waals surface area (Å²) in [6.45, 7) is 4.00. The Bertz CT molecular complexity index is 513. The van der Waals surface area contributed by atoms with Crippen molar-refractivity contribution >= 4 is 29.3 Å². The molecule has 0 saturated carbocycles. The summed E-state index contributed by atoms with van der Waals surface area (Å²) in [5, 5.41) is 2.61. The molecule has 1 aliphatic rings. The average molecular weight is 265 g/mol. The van der Waals surface area contributed by atoms with Gasteiger partial charge in [0, 0.05) is 5.69 Å². The van der Waals surface area contributed by atoms with Gasteiger partial charge in [-0.3, -0.25) is 4.79 Å². The van der Waals surface area contributed by atoms with Crippen LogP contribution < -0.4 is 5.32 Å². The summed E-state index contributed by atoms with van der Waals surface area (Å²) in [6, 6.07) is 3.50. The third-order valence-corrected chi connectivity index (χ3v) is 3.82. The lowest BCUT2D eigenvalue weighted by Crippen LogP contribution is -2.08. The highest BCUT2D eigenvalue weighted by molar-refractivity contribution is 7.99. The Morgan fingerprint density at radius 3 is 2.83 bits per heavy atom.